The summed E-state index contributed by atoms with van der Waals surface area (Å²) in [7, 11) is 0. The van der Waals surface area contributed by atoms with E-state index in [1.807, 2.05) is 24.3 Å². The van der Waals surface area contributed by atoms with E-state index >= 15 is 0 Å². The van der Waals surface area contributed by atoms with Crippen LogP contribution in [0.2, 0.25) is 5.02 Å². The highest BCUT2D eigenvalue weighted by atomic mass is 35.5. The van der Waals surface area contributed by atoms with Crippen molar-refractivity contribution < 1.29 is 9.18 Å². The molecule has 152 valence electrons. The molecule has 30 heavy (non-hydrogen) atoms. The van der Waals surface area contributed by atoms with Gasteiger partial charge in [0.1, 0.15) is 17.4 Å². The van der Waals surface area contributed by atoms with Crippen molar-refractivity contribution in [3.05, 3.63) is 87.8 Å². The minimum atomic E-state index is -0.449. The summed E-state index contributed by atoms with van der Waals surface area (Å²) in [6, 6.07) is 12.8. The maximum absolute atomic E-state index is 13.0. The first-order valence-corrected chi connectivity index (χ1v) is 10.2. The number of rotatable bonds is 6. The second-order valence-corrected chi connectivity index (χ2v) is 7.74. The minimum absolute atomic E-state index is 0.279. The highest BCUT2D eigenvalue weighted by Gasteiger charge is 2.15. The van der Waals surface area contributed by atoms with Gasteiger partial charge in [-0.05, 0) is 42.0 Å². The van der Waals surface area contributed by atoms with Crippen molar-refractivity contribution in [2.75, 3.05) is 5.32 Å². The number of carbonyl (C=O) groups is 1. The van der Waals surface area contributed by atoms with Crippen LogP contribution in [0.25, 0.3) is 5.65 Å². The number of benzene rings is 2. The number of carbonyl (C=O) groups excluding carboxylic acids is 1. The van der Waals surface area contributed by atoms with Crippen molar-refractivity contribution in [2.24, 2.45) is 0 Å². The lowest BCUT2D eigenvalue weighted by atomic mass is 10.2. The molecule has 0 radical (unpaired) electrons. The van der Waals surface area contributed by atoms with E-state index in [2.05, 4.69) is 15.4 Å². The number of hydrogen-bond donors (Lipinski definition) is 1. The fraction of sp³-hybridized carbons (Fsp3) is 0.100. The number of hydrogen-bond acceptors (Lipinski definition) is 5. The SMILES string of the molecule is O=C(Cn1nc2c(SCc3ccc(Cl)cc3)nccn2c1=O)Nc1ccc(F)cc1. The first kappa shape index (κ1) is 20.1. The Balaban J connectivity index is 1.52. The van der Waals surface area contributed by atoms with Gasteiger partial charge in [-0.15, -0.1) is 5.10 Å². The zero-order valence-electron chi connectivity index (χ0n) is 15.5. The molecule has 2 aromatic heterocycles. The molecule has 0 saturated carbocycles. The molecule has 0 bridgehead atoms. The second kappa shape index (κ2) is 8.68. The molecule has 0 fully saturated rings. The third-order valence-electron chi connectivity index (χ3n) is 4.18. The number of fused-ring (bicyclic) bond motifs is 1. The average molecular weight is 444 g/mol. The third kappa shape index (κ3) is 4.52. The molecular formula is C20H15ClFN5O2S. The largest absolute Gasteiger partial charge is 0.350 e. The van der Waals surface area contributed by atoms with E-state index in [0.29, 0.717) is 27.1 Å². The number of nitrogens with one attached hydrogen (secondary N) is 1. The number of halogens is 2. The number of anilines is 1. The fourth-order valence-corrected chi connectivity index (χ4v) is 3.76. The summed E-state index contributed by atoms with van der Waals surface area (Å²) in [5, 5.41) is 8.12. The maximum atomic E-state index is 13.0. The van der Waals surface area contributed by atoms with Crippen LogP contribution >= 0.6 is 23.4 Å². The van der Waals surface area contributed by atoms with E-state index in [9.17, 15) is 14.0 Å². The van der Waals surface area contributed by atoms with Crippen LogP contribution in [-0.2, 0) is 17.1 Å². The molecule has 2 heterocycles. The second-order valence-electron chi connectivity index (χ2n) is 6.34. The van der Waals surface area contributed by atoms with Gasteiger partial charge in [-0.3, -0.25) is 4.79 Å². The smallest absolute Gasteiger partial charge is 0.324 e. The van der Waals surface area contributed by atoms with E-state index in [1.165, 1.54) is 52.8 Å². The van der Waals surface area contributed by atoms with E-state index in [1.54, 1.807) is 0 Å². The molecule has 7 nitrogen and oxygen atoms in total. The van der Waals surface area contributed by atoms with Crippen LogP contribution in [0.15, 0.2) is 70.7 Å². The summed E-state index contributed by atoms with van der Waals surface area (Å²) in [5.74, 6) is -0.230. The van der Waals surface area contributed by atoms with Crippen LogP contribution in [-0.4, -0.2) is 25.1 Å². The lowest BCUT2D eigenvalue weighted by Gasteiger charge is -2.04. The molecule has 0 saturated heterocycles. The summed E-state index contributed by atoms with van der Waals surface area (Å²) in [6.07, 6.45) is 3.02. The summed E-state index contributed by atoms with van der Waals surface area (Å²) < 4.78 is 15.4. The lowest BCUT2D eigenvalue weighted by molar-refractivity contribution is -0.117. The van der Waals surface area contributed by atoms with Gasteiger partial charge >= 0.3 is 5.69 Å². The van der Waals surface area contributed by atoms with Crippen LogP contribution in [0.1, 0.15) is 5.56 Å². The third-order valence-corrected chi connectivity index (χ3v) is 5.47. The Labute approximate surface area is 179 Å². The molecule has 0 unspecified atom stereocenters. The van der Waals surface area contributed by atoms with E-state index in [-0.39, 0.29) is 6.54 Å². The van der Waals surface area contributed by atoms with Gasteiger partial charge in [0.2, 0.25) is 5.91 Å². The van der Waals surface area contributed by atoms with Gasteiger partial charge in [0.15, 0.2) is 5.65 Å². The molecule has 0 aliphatic heterocycles. The van der Waals surface area contributed by atoms with Crippen LogP contribution in [0, 0.1) is 5.82 Å². The Kier molecular flexibility index (Phi) is 5.82. The Morgan fingerprint density at radius 2 is 1.87 bits per heavy atom. The molecule has 1 N–H and O–H groups in total. The number of amides is 1. The van der Waals surface area contributed by atoms with Gasteiger partial charge in [-0.1, -0.05) is 35.5 Å². The van der Waals surface area contributed by atoms with Gasteiger partial charge < -0.3 is 5.32 Å². The van der Waals surface area contributed by atoms with Gasteiger partial charge in [-0.25, -0.2) is 23.3 Å². The van der Waals surface area contributed by atoms with Crippen LogP contribution in [0.4, 0.5) is 10.1 Å². The molecule has 0 atom stereocenters. The van der Waals surface area contributed by atoms with Crippen LogP contribution in [0.5, 0.6) is 0 Å². The molecule has 2 aromatic carbocycles. The number of nitrogens with zero attached hydrogens (tertiary/aromatic N) is 4. The average Bonchev–Trinajstić information content (AvgIpc) is 3.05. The van der Waals surface area contributed by atoms with Crippen molar-refractivity contribution in [3.63, 3.8) is 0 Å². The number of aromatic nitrogens is 4. The molecule has 0 aliphatic rings. The van der Waals surface area contributed by atoms with E-state index in [0.717, 1.165) is 10.2 Å². The molecular weight excluding hydrogens is 429 g/mol. The standard InChI is InChI=1S/C20H15ClFN5O2S/c21-14-3-1-13(2-4-14)12-30-19-18-25-27(20(29)26(18)10-9-23-19)11-17(28)24-16-7-5-15(22)6-8-16/h1-10H,11-12H2,(H,24,28). The predicted octanol–water partition coefficient (Wildman–Crippen LogP) is 3.61. The first-order valence-electron chi connectivity index (χ1n) is 8.86. The van der Waals surface area contributed by atoms with Crippen molar-refractivity contribution in [1.29, 1.82) is 0 Å². The zero-order valence-corrected chi connectivity index (χ0v) is 17.0. The van der Waals surface area contributed by atoms with Gasteiger partial charge in [0, 0.05) is 28.9 Å². The van der Waals surface area contributed by atoms with Crippen molar-refractivity contribution >= 4 is 40.6 Å². The van der Waals surface area contributed by atoms with Crippen LogP contribution in [0.3, 0.4) is 0 Å². The Bertz CT molecular complexity index is 1260. The molecule has 0 spiro atoms. The number of thioether (sulfide) groups is 1. The Morgan fingerprint density at radius 1 is 1.13 bits per heavy atom. The minimum Gasteiger partial charge on any atom is -0.324 e. The zero-order chi connectivity index (χ0) is 21.1. The van der Waals surface area contributed by atoms with E-state index in [4.69, 9.17) is 11.6 Å². The van der Waals surface area contributed by atoms with Crippen molar-refractivity contribution in [2.45, 2.75) is 17.3 Å². The molecule has 10 heteroatoms. The quantitative estimate of drug-likeness (QED) is 0.460. The Morgan fingerprint density at radius 3 is 2.60 bits per heavy atom. The first-order chi connectivity index (χ1) is 14.5. The highest BCUT2D eigenvalue weighted by molar-refractivity contribution is 7.98. The highest BCUT2D eigenvalue weighted by Crippen LogP contribution is 2.24. The maximum Gasteiger partial charge on any atom is 0.350 e. The monoisotopic (exact) mass is 443 g/mol. The summed E-state index contributed by atoms with van der Waals surface area (Å²) in [5.41, 5.74) is 1.40. The van der Waals surface area contributed by atoms with Crippen molar-refractivity contribution in [3.8, 4) is 0 Å². The van der Waals surface area contributed by atoms with Gasteiger partial charge in [0.05, 0.1) is 0 Å². The van der Waals surface area contributed by atoms with E-state index < -0.39 is 17.4 Å². The topological polar surface area (TPSA) is 81.3 Å². The summed E-state index contributed by atoms with van der Waals surface area (Å²) in [6.45, 7) is -0.279. The van der Waals surface area contributed by atoms with Gasteiger partial charge in [-0.2, -0.15) is 0 Å². The molecule has 0 aliphatic carbocycles. The summed E-state index contributed by atoms with van der Waals surface area (Å²) >= 11 is 7.34. The summed E-state index contributed by atoms with van der Waals surface area (Å²) in [4.78, 5) is 29.2. The normalized spacial score (nSPS) is 11.0. The van der Waals surface area contributed by atoms with Crippen molar-refractivity contribution in [1.82, 2.24) is 19.2 Å². The fourth-order valence-electron chi connectivity index (χ4n) is 2.73. The molecule has 1 amide bonds. The lowest BCUT2D eigenvalue weighted by Crippen LogP contribution is -2.28. The Hall–Kier alpha value is -3.17. The van der Waals surface area contributed by atoms with Crippen LogP contribution < -0.4 is 11.0 Å². The van der Waals surface area contributed by atoms with Gasteiger partial charge in [0.25, 0.3) is 0 Å². The molecule has 4 rings (SSSR count). The predicted molar refractivity (Wildman–Crippen MR) is 113 cm³/mol. The molecule has 4 aromatic rings.